The van der Waals surface area contributed by atoms with Crippen LogP contribution in [0, 0.1) is 11.3 Å². The largest absolute Gasteiger partial charge is 0.381 e. The lowest BCUT2D eigenvalue weighted by Crippen LogP contribution is -2.43. The fraction of sp³-hybridized carbons (Fsp3) is 0.900. The van der Waals surface area contributed by atoms with Crippen LogP contribution < -0.4 is 0 Å². The van der Waals surface area contributed by atoms with Gasteiger partial charge in [-0.05, 0) is 19.8 Å². The van der Waals surface area contributed by atoms with E-state index < -0.39 is 10.0 Å². The maximum absolute atomic E-state index is 12.2. The molecule has 0 aliphatic carbocycles. The number of sulfonamides is 1. The van der Waals surface area contributed by atoms with Crippen molar-refractivity contribution in [3.63, 3.8) is 0 Å². The van der Waals surface area contributed by atoms with Crippen LogP contribution >= 0.6 is 0 Å². The molecule has 1 heterocycles. The molecule has 0 aromatic heterocycles. The maximum atomic E-state index is 12.2. The van der Waals surface area contributed by atoms with Crippen molar-refractivity contribution in [1.82, 2.24) is 4.31 Å². The third kappa shape index (κ3) is 2.94. The number of ether oxygens (including phenoxy) is 1. The summed E-state index contributed by atoms with van der Waals surface area (Å²) >= 11 is 0. The summed E-state index contributed by atoms with van der Waals surface area (Å²) in [5.74, 6) is 0. The summed E-state index contributed by atoms with van der Waals surface area (Å²) in [7, 11) is -1.73. The maximum Gasteiger partial charge on any atom is 0.217 e. The molecule has 1 aliphatic rings. The second-order valence-corrected chi connectivity index (χ2v) is 6.36. The number of hydrogen-bond donors (Lipinski definition) is 0. The third-order valence-corrected chi connectivity index (χ3v) is 5.47. The molecule has 0 saturated carbocycles. The van der Waals surface area contributed by atoms with Crippen LogP contribution in [-0.2, 0) is 14.8 Å². The van der Waals surface area contributed by atoms with Gasteiger partial charge in [0.1, 0.15) is 0 Å². The van der Waals surface area contributed by atoms with E-state index in [2.05, 4.69) is 0 Å². The highest BCUT2D eigenvalue weighted by molar-refractivity contribution is 7.89. The SMILES string of the molecule is CC(CC#N)N(C)S(=O)(=O)C1CCOCC1. The summed E-state index contributed by atoms with van der Waals surface area (Å²) in [6.45, 7) is 2.76. The van der Waals surface area contributed by atoms with Crippen molar-refractivity contribution in [3.05, 3.63) is 0 Å². The molecule has 0 bridgehead atoms. The summed E-state index contributed by atoms with van der Waals surface area (Å²) in [6.07, 6.45) is 1.32. The molecule has 1 rings (SSSR count). The predicted octanol–water partition coefficient (Wildman–Crippen LogP) is 0.729. The van der Waals surface area contributed by atoms with Gasteiger partial charge in [0.2, 0.25) is 10.0 Å². The Hall–Kier alpha value is -0.640. The lowest BCUT2D eigenvalue weighted by molar-refractivity contribution is 0.0971. The van der Waals surface area contributed by atoms with Crippen molar-refractivity contribution < 1.29 is 13.2 Å². The summed E-state index contributed by atoms with van der Waals surface area (Å²) in [4.78, 5) is 0. The highest BCUT2D eigenvalue weighted by atomic mass is 32.2. The monoisotopic (exact) mass is 246 g/mol. The minimum absolute atomic E-state index is 0.221. The van der Waals surface area contributed by atoms with E-state index in [9.17, 15) is 8.42 Å². The van der Waals surface area contributed by atoms with E-state index in [1.807, 2.05) is 6.07 Å². The number of rotatable bonds is 4. The Kier molecular flexibility index (Phi) is 4.71. The molecule has 92 valence electrons. The van der Waals surface area contributed by atoms with Gasteiger partial charge in [-0.2, -0.15) is 5.26 Å². The second kappa shape index (κ2) is 5.62. The molecular formula is C10H18N2O3S. The Morgan fingerprint density at radius 2 is 2.06 bits per heavy atom. The topological polar surface area (TPSA) is 70.4 Å². The fourth-order valence-electron chi connectivity index (χ4n) is 1.72. The Bertz CT molecular complexity index is 355. The van der Waals surface area contributed by atoms with Crippen molar-refractivity contribution >= 4 is 10.0 Å². The molecule has 0 aromatic rings. The van der Waals surface area contributed by atoms with E-state index in [4.69, 9.17) is 10.00 Å². The summed E-state index contributed by atoms with van der Waals surface area (Å²) in [5, 5.41) is 8.22. The first-order valence-corrected chi connectivity index (χ1v) is 6.92. The number of nitriles is 1. The minimum Gasteiger partial charge on any atom is -0.381 e. The van der Waals surface area contributed by atoms with Crippen LogP contribution in [0.25, 0.3) is 0 Å². The zero-order chi connectivity index (χ0) is 12.2. The van der Waals surface area contributed by atoms with Gasteiger partial charge in [-0.15, -0.1) is 0 Å². The van der Waals surface area contributed by atoms with Crippen LogP contribution in [-0.4, -0.2) is 44.3 Å². The van der Waals surface area contributed by atoms with E-state index in [0.29, 0.717) is 26.1 Å². The van der Waals surface area contributed by atoms with Gasteiger partial charge in [0.05, 0.1) is 17.7 Å². The predicted molar refractivity (Wildman–Crippen MR) is 60.2 cm³/mol. The highest BCUT2D eigenvalue weighted by Crippen LogP contribution is 2.20. The van der Waals surface area contributed by atoms with Gasteiger partial charge in [0.25, 0.3) is 0 Å². The van der Waals surface area contributed by atoms with Crippen LogP contribution in [0.15, 0.2) is 0 Å². The average molecular weight is 246 g/mol. The van der Waals surface area contributed by atoms with Gasteiger partial charge in [-0.25, -0.2) is 12.7 Å². The van der Waals surface area contributed by atoms with E-state index in [1.54, 1.807) is 14.0 Å². The number of hydrogen-bond acceptors (Lipinski definition) is 4. The van der Waals surface area contributed by atoms with Gasteiger partial charge in [-0.3, -0.25) is 0 Å². The molecule has 1 fully saturated rings. The van der Waals surface area contributed by atoms with Crippen LogP contribution in [0.4, 0.5) is 0 Å². The lowest BCUT2D eigenvalue weighted by Gasteiger charge is -2.29. The van der Waals surface area contributed by atoms with E-state index in [1.165, 1.54) is 4.31 Å². The van der Waals surface area contributed by atoms with Crippen LogP contribution in [0.1, 0.15) is 26.2 Å². The van der Waals surface area contributed by atoms with E-state index in [0.717, 1.165) is 0 Å². The van der Waals surface area contributed by atoms with Crippen molar-refractivity contribution in [2.24, 2.45) is 0 Å². The first-order chi connectivity index (χ1) is 7.50. The van der Waals surface area contributed by atoms with Crippen LogP contribution in [0.2, 0.25) is 0 Å². The average Bonchev–Trinajstić information content (AvgIpc) is 2.29. The van der Waals surface area contributed by atoms with E-state index >= 15 is 0 Å². The number of nitrogens with zero attached hydrogens (tertiary/aromatic N) is 2. The van der Waals surface area contributed by atoms with Gasteiger partial charge in [0.15, 0.2) is 0 Å². The Morgan fingerprint density at radius 3 is 2.56 bits per heavy atom. The van der Waals surface area contributed by atoms with E-state index in [-0.39, 0.29) is 17.7 Å². The molecule has 0 radical (unpaired) electrons. The van der Waals surface area contributed by atoms with Crippen molar-refractivity contribution in [1.29, 1.82) is 5.26 Å². The first kappa shape index (κ1) is 13.4. The second-order valence-electron chi connectivity index (χ2n) is 4.08. The van der Waals surface area contributed by atoms with Crippen LogP contribution in [0.5, 0.6) is 0 Å². The Morgan fingerprint density at radius 1 is 1.50 bits per heavy atom. The van der Waals surface area contributed by atoms with Crippen molar-refractivity contribution in [2.45, 2.75) is 37.5 Å². The van der Waals surface area contributed by atoms with Gasteiger partial charge >= 0.3 is 0 Å². The Labute approximate surface area is 97.0 Å². The normalized spacial score (nSPS) is 20.6. The molecule has 5 nitrogen and oxygen atoms in total. The van der Waals surface area contributed by atoms with Gasteiger partial charge in [-0.1, -0.05) is 0 Å². The molecule has 0 amide bonds. The quantitative estimate of drug-likeness (QED) is 0.733. The third-order valence-electron chi connectivity index (χ3n) is 3.00. The fourth-order valence-corrected chi connectivity index (χ4v) is 3.56. The van der Waals surface area contributed by atoms with Gasteiger partial charge < -0.3 is 4.74 Å². The lowest BCUT2D eigenvalue weighted by atomic mass is 10.2. The highest BCUT2D eigenvalue weighted by Gasteiger charge is 2.33. The zero-order valence-corrected chi connectivity index (χ0v) is 10.5. The summed E-state index contributed by atoms with van der Waals surface area (Å²) in [5.41, 5.74) is 0. The summed E-state index contributed by atoms with van der Waals surface area (Å²) < 4.78 is 30.8. The van der Waals surface area contributed by atoms with Crippen molar-refractivity contribution in [2.75, 3.05) is 20.3 Å². The van der Waals surface area contributed by atoms with Gasteiger partial charge in [0, 0.05) is 26.3 Å². The molecule has 1 unspecified atom stereocenters. The molecule has 16 heavy (non-hydrogen) atoms. The standard InChI is InChI=1S/C10H18N2O3S/c1-9(3-6-11)12(2)16(13,14)10-4-7-15-8-5-10/h9-10H,3-5,7-8H2,1-2H3. The smallest absolute Gasteiger partial charge is 0.217 e. The zero-order valence-electron chi connectivity index (χ0n) is 9.72. The first-order valence-electron chi connectivity index (χ1n) is 5.41. The molecule has 0 spiro atoms. The molecule has 0 N–H and O–H groups in total. The molecule has 1 atom stereocenters. The summed E-state index contributed by atoms with van der Waals surface area (Å²) in [6, 6.07) is 1.73. The molecule has 1 saturated heterocycles. The molecule has 1 aliphatic heterocycles. The Balaban J connectivity index is 2.72. The van der Waals surface area contributed by atoms with Crippen molar-refractivity contribution in [3.8, 4) is 6.07 Å². The molecule has 0 aromatic carbocycles. The molecule has 6 heteroatoms. The minimum atomic E-state index is -3.28. The van der Waals surface area contributed by atoms with Crippen LogP contribution in [0.3, 0.4) is 0 Å². The molecular weight excluding hydrogens is 228 g/mol.